The molecule has 0 N–H and O–H groups in total. The molecule has 4 aromatic rings. The smallest absolute Gasteiger partial charge is 0.155 e. The van der Waals surface area contributed by atoms with E-state index < -0.39 is 0 Å². The minimum absolute atomic E-state index is 0.273. The molecule has 0 amide bonds. The lowest BCUT2D eigenvalue weighted by Crippen LogP contribution is -2.03. The Morgan fingerprint density at radius 2 is 1.48 bits per heavy atom. The Morgan fingerprint density at radius 1 is 0.840 bits per heavy atom. The van der Waals surface area contributed by atoms with Crippen molar-refractivity contribution >= 4 is 11.3 Å². The topological polar surface area (TPSA) is 60.4 Å². The number of rotatable bonds is 4. The zero-order valence-electron chi connectivity index (χ0n) is 15.0. The summed E-state index contributed by atoms with van der Waals surface area (Å²) in [5, 5.41) is 0. The lowest BCUT2D eigenvalue weighted by atomic mass is 10.0. The summed E-state index contributed by atoms with van der Waals surface area (Å²) >= 11 is 0. The van der Waals surface area contributed by atoms with Gasteiger partial charge in [-0.2, -0.15) is 0 Å². The number of hydrogen-bond acceptors (Lipinski definition) is 4. The lowest BCUT2D eigenvalue weighted by Gasteiger charge is -2.09. The van der Waals surface area contributed by atoms with E-state index in [2.05, 4.69) is 58.7 Å². The molecule has 0 aliphatic heterocycles. The van der Waals surface area contributed by atoms with Gasteiger partial charge in [0.05, 0.1) is 35.2 Å². The molecule has 128 valence electrons. The standard InChI is InChI=1S/C19H22N6/c1-12(2)16-10-25-9-15(23-19(25)7-20-16)5-13(3)17-11-24-8-14(4)22-18(24)6-21-17/h6-13H,5H2,1-4H3. The number of aromatic nitrogens is 6. The quantitative estimate of drug-likeness (QED) is 0.572. The molecule has 0 bridgehead atoms. The highest BCUT2D eigenvalue weighted by molar-refractivity contribution is 5.39. The molecule has 0 aliphatic rings. The number of imidazole rings is 2. The summed E-state index contributed by atoms with van der Waals surface area (Å²) in [6, 6.07) is 0. The number of nitrogens with zero attached hydrogens (tertiary/aromatic N) is 6. The summed E-state index contributed by atoms with van der Waals surface area (Å²) in [7, 11) is 0. The van der Waals surface area contributed by atoms with Gasteiger partial charge in [-0.3, -0.25) is 9.97 Å². The Labute approximate surface area is 146 Å². The maximum atomic E-state index is 4.70. The van der Waals surface area contributed by atoms with E-state index in [0.717, 1.165) is 40.5 Å². The Kier molecular flexibility index (Phi) is 3.75. The van der Waals surface area contributed by atoms with Gasteiger partial charge in [-0.15, -0.1) is 0 Å². The maximum absolute atomic E-state index is 4.70. The molecule has 25 heavy (non-hydrogen) atoms. The van der Waals surface area contributed by atoms with Crippen LogP contribution >= 0.6 is 0 Å². The molecule has 0 aromatic carbocycles. The normalized spacial score (nSPS) is 13.2. The third-order valence-electron chi connectivity index (χ3n) is 4.50. The van der Waals surface area contributed by atoms with Gasteiger partial charge in [0.2, 0.25) is 0 Å². The Bertz CT molecular complexity index is 1040. The van der Waals surface area contributed by atoms with Crippen LogP contribution in [0, 0.1) is 6.92 Å². The molecule has 4 aromatic heterocycles. The average Bonchev–Trinajstić information content (AvgIpc) is 3.14. The van der Waals surface area contributed by atoms with Crippen LogP contribution in [0.3, 0.4) is 0 Å². The predicted molar refractivity (Wildman–Crippen MR) is 96.9 cm³/mol. The largest absolute Gasteiger partial charge is 0.304 e. The zero-order valence-corrected chi connectivity index (χ0v) is 15.0. The first-order chi connectivity index (χ1) is 12.0. The van der Waals surface area contributed by atoms with Crippen LogP contribution < -0.4 is 0 Å². The van der Waals surface area contributed by atoms with Crippen molar-refractivity contribution in [3.63, 3.8) is 0 Å². The SMILES string of the molecule is Cc1cn2cc(C(C)Cc3cn4cc(C(C)C)ncc4n3)ncc2n1. The van der Waals surface area contributed by atoms with E-state index in [9.17, 15) is 0 Å². The molecular formula is C19H22N6. The fourth-order valence-corrected chi connectivity index (χ4v) is 3.08. The molecule has 6 nitrogen and oxygen atoms in total. The van der Waals surface area contributed by atoms with Gasteiger partial charge in [-0.1, -0.05) is 20.8 Å². The van der Waals surface area contributed by atoms with E-state index in [4.69, 9.17) is 4.98 Å². The van der Waals surface area contributed by atoms with E-state index in [1.165, 1.54) is 0 Å². The van der Waals surface area contributed by atoms with Gasteiger partial charge in [0.15, 0.2) is 11.3 Å². The molecule has 4 rings (SSSR count). The summed E-state index contributed by atoms with van der Waals surface area (Å²) in [5.41, 5.74) is 5.95. The Morgan fingerprint density at radius 3 is 2.24 bits per heavy atom. The first-order valence-electron chi connectivity index (χ1n) is 8.64. The van der Waals surface area contributed by atoms with Crippen molar-refractivity contribution in [2.45, 2.75) is 46.0 Å². The van der Waals surface area contributed by atoms with Crippen LogP contribution in [0.2, 0.25) is 0 Å². The zero-order chi connectivity index (χ0) is 17.6. The maximum Gasteiger partial charge on any atom is 0.155 e. The molecule has 0 aliphatic carbocycles. The fraction of sp³-hybridized carbons (Fsp3) is 0.368. The second-order valence-electron chi connectivity index (χ2n) is 7.03. The molecule has 6 heteroatoms. The van der Waals surface area contributed by atoms with Gasteiger partial charge in [-0.25, -0.2) is 9.97 Å². The van der Waals surface area contributed by atoms with Gasteiger partial charge < -0.3 is 8.80 Å². The summed E-state index contributed by atoms with van der Waals surface area (Å²) in [6.07, 6.45) is 12.8. The molecule has 1 unspecified atom stereocenters. The van der Waals surface area contributed by atoms with Crippen LogP contribution in [0.15, 0.2) is 37.2 Å². The second kappa shape index (κ2) is 5.95. The molecule has 0 radical (unpaired) electrons. The number of hydrogen-bond donors (Lipinski definition) is 0. The number of aryl methyl sites for hydroxylation is 1. The van der Waals surface area contributed by atoms with Crippen molar-refractivity contribution in [3.05, 3.63) is 60.0 Å². The van der Waals surface area contributed by atoms with Crippen molar-refractivity contribution in [2.24, 2.45) is 0 Å². The Hall–Kier alpha value is -2.76. The third kappa shape index (κ3) is 2.99. The van der Waals surface area contributed by atoms with Crippen LogP contribution in [0.25, 0.3) is 11.3 Å². The molecular weight excluding hydrogens is 312 g/mol. The van der Waals surface area contributed by atoms with Crippen LogP contribution in [0.4, 0.5) is 0 Å². The second-order valence-corrected chi connectivity index (χ2v) is 7.03. The third-order valence-corrected chi connectivity index (χ3v) is 4.50. The molecule has 1 atom stereocenters. The van der Waals surface area contributed by atoms with Crippen molar-refractivity contribution in [1.82, 2.24) is 28.7 Å². The first-order valence-corrected chi connectivity index (χ1v) is 8.64. The molecule has 0 fully saturated rings. The highest BCUT2D eigenvalue weighted by Gasteiger charge is 2.13. The van der Waals surface area contributed by atoms with Crippen LogP contribution in [0.1, 0.15) is 55.4 Å². The van der Waals surface area contributed by atoms with Gasteiger partial charge >= 0.3 is 0 Å². The summed E-state index contributed by atoms with van der Waals surface area (Å²) in [6.45, 7) is 8.47. The average molecular weight is 334 g/mol. The monoisotopic (exact) mass is 334 g/mol. The van der Waals surface area contributed by atoms with E-state index in [-0.39, 0.29) is 5.92 Å². The van der Waals surface area contributed by atoms with Crippen molar-refractivity contribution < 1.29 is 0 Å². The summed E-state index contributed by atoms with van der Waals surface area (Å²) in [5.74, 6) is 0.679. The predicted octanol–water partition coefficient (Wildman–Crippen LogP) is 3.55. The van der Waals surface area contributed by atoms with Crippen molar-refractivity contribution in [3.8, 4) is 0 Å². The highest BCUT2D eigenvalue weighted by Crippen LogP contribution is 2.20. The van der Waals surface area contributed by atoms with Gasteiger partial charge in [-0.05, 0) is 19.3 Å². The van der Waals surface area contributed by atoms with E-state index >= 15 is 0 Å². The Balaban J connectivity index is 1.60. The molecule has 0 saturated heterocycles. The van der Waals surface area contributed by atoms with Crippen molar-refractivity contribution in [1.29, 1.82) is 0 Å². The van der Waals surface area contributed by atoms with Crippen LogP contribution in [0.5, 0.6) is 0 Å². The summed E-state index contributed by atoms with van der Waals surface area (Å²) in [4.78, 5) is 18.2. The minimum atomic E-state index is 0.273. The van der Waals surface area contributed by atoms with Gasteiger partial charge in [0, 0.05) is 30.7 Å². The number of fused-ring (bicyclic) bond motifs is 2. The minimum Gasteiger partial charge on any atom is -0.304 e. The molecule has 4 heterocycles. The first kappa shape index (κ1) is 15.7. The van der Waals surface area contributed by atoms with Crippen molar-refractivity contribution in [2.75, 3.05) is 0 Å². The van der Waals surface area contributed by atoms with Crippen LogP contribution in [-0.2, 0) is 6.42 Å². The lowest BCUT2D eigenvalue weighted by molar-refractivity contribution is 0.712. The van der Waals surface area contributed by atoms with E-state index in [1.807, 2.05) is 29.9 Å². The van der Waals surface area contributed by atoms with Gasteiger partial charge in [0.25, 0.3) is 0 Å². The highest BCUT2D eigenvalue weighted by atomic mass is 15.0. The molecule has 0 spiro atoms. The van der Waals surface area contributed by atoms with Crippen LogP contribution in [-0.4, -0.2) is 28.7 Å². The van der Waals surface area contributed by atoms with E-state index in [0.29, 0.717) is 5.92 Å². The summed E-state index contributed by atoms with van der Waals surface area (Å²) < 4.78 is 4.11. The van der Waals surface area contributed by atoms with E-state index in [1.54, 1.807) is 0 Å². The fourth-order valence-electron chi connectivity index (χ4n) is 3.08. The molecule has 0 saturated carbocycles. The van der Waals surface area contributed by atoms with Gasteiger partial charge in [0.1, 0.15) is 0 Å².